The van der Waals surface area contributed by atoms with Gasteiger partial charge in [0.05, 0.1) is 16.8 Å². The summed E-state index contributed by atoms with van der Waals surface area (Å²) in [6.07, 6.45) is 5.56. The van der Waals surface area contributed by atoms with Gasteiger partial charge in [-0.15, -0.1) is 11.3 Å². The van der Waals surface area contributed by atoms with E-state index in [1.807, 2.05) is 19.1 Å². The molecule has 0 fully saturated rings. The van der Waals surface area contributed by atoms with Gasteiger partial charge in [-0.2, -0.15) is 0 Å². The van der Waals surface area contributed by atoms with Gasteiger partial charge in [0.15, 0.2) is 0 Å². The Morgan fingerprint density at radius 3 is 2.61 bits per heavy atom. The van der Waals surface area contributed by atoms with Gasteiger partial charge in [0, 0.05) is 23.7 Å². The molecule has 0 aromatic carbocycles. The highest BCUT2D eigenvalue weighted by atomic mass is 32.1. The van der Waals surface area contributed by atoms with Crippen molar-refractivity contribution in [3.8, 4) is 0 Å². The minimum atomic E-state index is -0.317. The van der Waals surface area contributed by atoms with Crippen molar-refractivity contribution in [2.45, 2.75) is 39.2 Å². The van der Waals surface area contributed by atoms with Crippen LogP contribution in [0.25, 0.3) is 0 Å². The van der Waals surface area contributed by atoms with E-state index in [1.165, 1.54) is 10.4 Å². The van der Waals surface area contributed by atoms with Crippen molar-refractivity contribution >= 4 is 11.3 Å². The molecule has 1 unspecified atom stereocenters. The first-order chi connectivity index (χ1) is 8.65. The largest absolute Gasteiger partial charge is 0.393 e. The monoisotopic (exact) mass is 262 g/mol. The van der Waals surface area contributed by atoms with Crippen LogP contribution in [0.1, 0.15) is 27.6 Å². The molecule has 0 bridgehead atoms. The van der Waals surface area contributed by atoms with Gasteiger partial charge in [-0.25, -0.2) is 4.98 Å². The van der Waals surface area contributed by atoms with Gasteiger partial charge in [-0.05, 0) is 44.4 Å². The van der Waals surface area contributed by atoms with E-state index < -0.39 is 0 Å². The summed E-state index contributed by atoms with van der Waals surface area (Å²) < 4.78 is 0. The molecular formula is C14H18N2OS. The molecule has 3 nitrogen and oxygen atoms in total. The molecule has 0 aliphatic rings. The van der Waals surface area contributed by atoms with E-state index in [0.29, 0.717) is 6.42 Å². The summed E-state index contributed by atoms with van der Waals surface area (Å²) in [6, 6.07) is 3.98. The number of hydrogen-bond donors (Lipinski definition) is 1. The topological polar surface area (TPSA) is 46.0 Å². The summed E-state index contributed by atoms with van der Waals surface area (Å²) in [6.45, 7) is 4.08. The second kappa shape index (κ2) is 6.07. The van der Waals surface area contributed by atoms with Gasteiger partial charge in [-0.1, -0.05) is 0 Å². The number of rotatable bonds is 5. The van der Waals surface area contributed by atoms with Crippen LogP contribution < -0.4 is 0 Å². The van der Waals surface area contributed by atoms with Gasteiger partial charge in [0.2, 0.25) is 0 Å². The molecule has 1 N–H and O–H groups in total. The molecule has 2 aromatic heterocycles. The summed E-state index contributed by atoms with van der Waals surface area (Å²) in [5.74, 6) is 0. The second-order valence-electron chi connectivity index (χ2n) is 4.50. The molecule has 2 aromatic rings. The van der Waals surface area contributed by atoms with Crippen molar-refractivity contribution in [1.82, 2.24) is 9.97 Å². The van der Waals surface area contributed by atoms with Crippen LogP contribution in [0, 0.1) is 13.8 Å². The Kier molecular flexibility index (Phi) is 4.44. The zero-order chi connectivity index (χ0) is 13.0. The fraction of sp³-hybridized carbons (Fsp3) is 0.429. The lowest BCUT2D eigenvalue weighted by Crippen LogP contribution is -2.11. The van der Waals surface area contributed by atoms with E-state index in [4.69, 9.17) is 0 Å². The van der Waals surface area contributed by atoms with Crippen LogP contribution in [0.15, 0.2) is 24.5 Å². The lowest BCUT2D eigenvalue weighted by Gasteiger charge is -2.08. The number of nitrogens with zero attached hydrogens (tertiary/aromatic N) is 2. The minimum Gasteiger partial charge on any atom is -0.393 e. The molecular weight excluding hydrogens is 244 g/mol. The molecule has 4 heteroatoms. The van der Waals surface area contributed by atoms with Crippen molar-refractivity contribution in [1.29, 1.82) is 0 Å². The third-order valence-corrected chi connectivity index (χ3v) is 4.09. The summed E-state index contributed by atoms with van der Waals surface area (Å²) in [5, 5.41) is 11.0. The number of aryl methyl sites for hydroxylation is 3. The lowest BCUT2D eigenvalue weighted by atomic mass is 10.1. The Balaban J connectivity index is 1.84. The summed E-state index contributed by atoms with van der Waals surface area (Å²) in [7, 11) is 0. The summed E-state index contributed by atoms with van der Waals surface area (Å²) in [4.78, 5) is 9.68. The van der Waals surface area contributed by atoms with Crippen molar-refractivity contribution in [3.63, 3.8) is 0 Å². The SMILES string of the molecule is Cc1nc(CC(O)CCc2ccncc2)sc1C. The smallest absolute Gasteiger partial charge is 0.0956 e. The average Bonchev–Trinajstić information content (AvgIpc) is 2.67. The number of aliphatic hydroxyl groups is 1. The molecule has 1 atom stereocenters. The first-order valence-corrected chi connectivity index (χ1v) is 6.96. The van der Waals surface area contributed by atoms with Crippen molar-refractivity contribution < 1.29 is 5.11 Å². The lowest BCUT2D eigenvalue weighted by molar-refractivity contribution is 0.165. The van der Waals surface area contributed by atoms with E-state index in [9.17, 15) is 5.11 Å². The van der Waals surface area contributed by atoms with Gasteiger partial charge in [-0.3, -0.25) is 4.98 Å². The molecule has 0 aliphatic carbocycles. The number of hydrogen-bond acceptors (Lipinski definition) is 4. The zero-order valence-corrected chi connectivity index (χ0v) is 11.6. The number of aromatic nitrogens is 2. The predicted octanol–water partition coefficient (Wildman–Crippen LogP) is 2.69. The second-order valence-corrected chi connectivity index (χ2v) is 5.79. The quantitative estimate of drug-likeness (QED) is 0.901. The first kappa shape index (κ1) is 13.2. The maximum absolute atomic E-state index is 10.0. The Hall–Kier alpha value is -1.26. The Labute approximate surface area is 112 Å². The predicted molar refractivity (Wildman–Crippen MR) is 73.9 cm³/mol. The molecule has 0 aliphatic heterocycles. The van der Waals surface area contributed by atoms with E-state index >= 15 is 0 Å². The van der Waals surface area contributed by atoms with Crippen molar-refractivity contribution in [3.05, 3.63) is 45.7 Å². The van der Waals surface area contributed by atoms with Crippen LogP contribution in [-0.4, -0.2) is 21.2 Å². The first-order valence-electron chi connectivity index (χ1n) is 6.15. The van der Waals surface area contributed by atoms with E-state index in [2.05, 4.69) is 16.9 Å². The van der Waals surface area contributed by atoms with Gasteiger partial charge < -0.3 is 5.11 Å². The zero-order valence-electron chi connectivity index (χ0n) is 10.8. The van der Waals surface area contributed by atoms with Gasteiger partial charge in [0.1, 0.15) is 0 Å². The summed E-state index contributed by atoms with van der Waals surface area (Å²) >= 11 is 1.68. The normalized spacial score (nSPS) is 12.6. The molecule has 0 saturated heterocycles. The van der Waals surface area contributed by atoms with Crippen molar-refractivity contribution in [2.75, 3.05) is 0 Å². The molecule has 96 valence electrons. The maximum Gasteiger partial charge on any atom is 0.0956 e. The molecule has 18 heavy (non-hydrogen) atoms. The fourth-order valence-electron chi connectivity index (χ4n) is 1.81. The van der Waals surface area contributed by atoms with Crippen LogP contribution in [0.3, 0.4) is 0 Å². The van der Waals surface area contributed by atoms with E-state index in [1.54, 1.807) is 23.7 Å². The number of pyridine rings is 1. The van der Waals surface area contributed by atoms with Crippen LogP contribution in [0.2, 0.25) is 0 Å². The third-order valence-electron chi connectivity index (χ3n) is 3.00. The highest BCUT2D eigenvalue weighted by Crippen LogP contribution is 2.19. The maximum atomic E-state index is 10.0. The molecule has 2 heterocycles. The van der Waals surface area contributed by atoms with E-state index in [-0.39, 0.29) is 6.10 Å². The van der Waals surface area contributed by atoms with Crippen LogP contribution in [-0.2, 0) is 12.8 Å². The van der Waals surface area contributed by atoms with Crippen LogP contribution in [0.4, 0.5) is 0 Å². The highest BCUT2D eigenvalue weighted by molar-refractivity contribution is 7.11. The molecule has 2 rings (SSSR count). The Bertz CT molecular complexity index is 476. The van der Waals surface area contributed by atoms with E-state index in [0.717, 1.165) is 23.5 Å². The molecule has 0 radical (unpaired) electrons. The fourth-order valence-corrected chi connectivity index (χ4v) is 2.82. The number of thiazole rings is 1. The third kappa shape index (κ3) is 3.62. The molecule has 0 spiro atoms. The average molecular weight is 262 g/mol. The van der Waals surface area contributed by atoms with Gasteiger partial charge >= 0.3 is 0 Å². The van der Waals surface area contributed by atoms with Crippen molar-refractivity contribution in [2.24, 2.45) is 0 Å². The van der Waals surface area contributed by atoms with Gasteiger partial charge in [0.25, 0.3) is 0 Å². The molecule has 0 saturated carbocycles. The Morgan fingerprint density at radius 1 is 1.28 bits per heavy atom. The Morgan fingerprint density at radius 2 is 2.00 bits per heavy atom. The highest BCUT2D eigenvalue weighted by Gasteiger charge is 2.10. The van der Waals surface area contributed by atoms with Crippen LogP contribution >= 0.6 is 11.3 Å². The van der Waals surface area contributed by atoms with Crippen LogP contribution in [0.5, 0.6) is 0 Å². The standard InChI is InChI=1S/C14H18N2OS/c1-10-11(2)18-14(16-10)9-13(17)4-3-12-5-7-15-8-6-12/h5-8,13,17H,3-4,9H2,1-2H3. The minimum absolute atomic E-state index is 0.317. The summed E-state index contributed by atoms with van der Waals surface area (Å²) in [5.41, 5.74) is 2.30. The number of aliphatic hydroxyl groups excluding tert-OH is 1. The molecule has 0 amide bonds.